The van der Waals surface area contributed by atoms with E-state index < -0.39 is 5.54 Å². The van der Waals surface area contributed by atoms with E-state index in [-0.39, 0.29) is 11.7 Å². The van der Waals surface area contributed by atoms with Crippen molar-refractivity contribution >= 4 is 5.91 Å². The van der Waals surface area contributed by atoms with E-state index in [1.165, 1.54) is 12.1 Å². The van der Waals surface area contributed by atoms with Crippen LogP contribution in [0.25, 0.3) is 0 Å². The summed E-state index contributed by atoms with van der Waals surface area (Å²) in [6.45, 7) is 1.78. The molecule has 0 unspecified atom stereocenters. The predicted octanol–water partition coefficient (Wildman–Crippen LogP) is 2.51. The van der Waals surface area contributed by atoms with E-state index in [0.29, 0.717) is 5.56 Å². The van der Waals surface area contributed by atoms with Gasteiger partial charge in [0, 0.05) is 5.56 Å². The van der Waals surface area contributed by atoms with Gasteiger partial charge in [-0.15, -0.1) is 0 Å². The minimum absolute atomic E-state index is 0.164. The Morgan fingerprint density at radius 1 is 1.44 bits per heavy atom. The smallest absolute Gasteiger partial charge is 0.244 e. The number of hydrogen-bond donors (Lipinski definition) is 1. The van der Waals surface area contributed by atoms with Gasteiger partial charge in [0.1, 0.15) is 5.82 Å². The van der Waals surface area contributed by atoms with Crippen LogP contribution in [0.15, 0.2) is 36.4 Å². The van der Waals surface area contributed by atoms with Gasteiger partial charge in [-0.25, -0.2) is 4.39 Å². The number of nitrogens with one attached hydrogen (secondary N) is 1. The molecule has 1 aromatic rings. The summed E-state index contributed by atoms with van der Waals surface area (Å²) in [5.41, 5.74) is 0.120. The maximum Gasteiger partial charge on any atom is 0.244 e. The number of carbonyl (C=O) groups is 1. The number of halogens is 1. The lowest BCUT2D eigenvalue weighted by molar-refractivity contribution is -0.117. The standard InChI is InChI=1S/C13H14FNO/c1-2-5-12(16)15-13(8-9-13)10-6-3-4-7-11(10)14/h2-7H,8-9H2,1H3,(H,15,16)/b5-2+. The van der Waals surface area contributed by atoms with Crippen molar-refractivity contribution in [1.29, 1.82) is 0 Å². The number of benzene rings is 1. The molecular formula is C13H14FNO. The summed E-state index contributed by atoms with van der Waals surface area (Å²) in [5.74, 6) is -0.413. The molecule has 1 aliphatic carbocycles. The van der Waals surface area contributed by atoms with E-state index in [0.717, 1.165) is 12.8 Å². The minimum Gasteiger partial charge on any atom is -0.343 e. The third-order valence-corrected chi connectivity index (χ3v) is 2.82. The van der Waals surface area contributed by atoms with Gasteiger partial charge >= 0.3 is 0 Å². The number of allylic oxidation sites excluding steroid dienone is 1. The van der Waals surface area contributed by atoms with Crippen molar-refractivity contribution < 1.29 is 9.18 Å². The molecule has 0 bridgehead atoms. The Balaban J connectivity index is 2.21. The highest BCUT2D eigenvalue weighted by Gasteiger charge is 2.46. The highest BCUT2D eigenvalue weighted by atomic mass is 19.1. The van der Waals surface area contributed by atoms with E-state index in [1.54, 1.807) is 31.2 Å². The van der Waals surface area contributed by atoms with Crippen molar-refractivity contribution in [2.45, 2.75) is 25.3 Å². The lowest BCUT2D eigenvalue weighted by atomic mass is 10.0. The lowest BCUT2D eigenvalue weighted by Gasteiger charge is -2.17. The van der Waals surface area contributed by atoms with Crippen molar-refractivity contribution in [3.8, 4) is 0 Å². The maximum absolute atomic E-state index is 13.6. The first-order valence-electron chi connectivity index (χ1n) is 5.38. The van der Waals surface area contributed by atoms with Crippen LogP contribution in [0.1, 0.15) is 25.3 Å². The van der Waals surface area contributed by atoms with Crippen LogP contribution < -0.4 is 5.32 Å². The van der Waals surface area contributed by atoms with Crippen LogP contribution in [0.3, 0.4) is 0 Å². The summed E-state index contributed by atoms with van der Waals surface area (Å²) >= 11 is 0. The van der Waals surface area contributed by atoms with Gasteiger partial charge in [-0.05, 0) is 31.9 Å². The van der Waals surface area contributed by atoms with Crippen LogP contribution in [0, 0.1) is 5.82 Å². The molecule has 0 atom stereocenters. The molecule has 0 spiro atoms. The van der Waals surface area contributed by atoms with E-state index in [4.69, 9.17) is 0 Å². The van der Waals surface area contributed by atoms with Crippen molar-refractivity contribution in [1.82, 2.24) is 5.32 Å². The third-order valence-electron chi connectivity index (χ3n) is 2.82. The number of hydrogen-bond acceptors (Lipinski definition) is 1. The molecular weight excluding hydrogens is 205 g/mol. The first kappa shape index (κ1) is 10.9. The normalized spacial score (nSPS) is 17.4. The average Bonchev–Trinajstić information content (AvgIpc) is 2.99. The average molecular weight is 219 g/mol. The van der Waals surface area contributed by atoms with Gasteiger partial charge in [0.2, 0.25) is 5.91 Å². The first-order valence-corrected chi connectivity index (χ1v) is 5.38. The van der Waals surface area contributed by atoms with Crippen LogP contribution in [0.4, 0.5) is 4.39 Å². The fourth-order valence-electron chi connectivity index (χ4n) is 1.86. The summed E-state index contributed by atoms with van der Waals surface area (Å²) in [5, 5.41) is 2.86. The molecule has 1 saturated carbocycles. The summed E-state index contributed by atoms with van der Waals surface area (Å²) in [6, 6.07) is 6.61. The number of amides is 1. The molecule has 0 saturated heterocycles. The van der Waals surface area contributed by atoms with E-state index in [9.17, 15) is 9.18 Å². The zero-order chi connectivity index (χ0) is 11.6. The second kappa shape index (κ2) is 4.08. The fraction of sp³-hybridized carbons (Fsp3) is 0.308. The Kier molecular flexibility index (Phi) is 2.77. The van der Waals surface area contributed by atoms with Crippen LogP contribution in [-0.2, 0) is 10.3 Å². The summed E-state index contributed by atoms with van der Waals surface area (Å²) in [6.07, 6.45) is 4.74. The Bertz CT molecular complexity index is 435. The van der Waals surface area contributed by atoms with Crippen LogP contribution in [0.5, 0.6) is 0 Å². The van der Waals surface area contributed by atoms with Gasteiger partial charge in [0.05, 0.1) is 5.54 Å². The van der Waals surface area contributed by atoms with Gasteiger partial charge in [0.15, 0.2) is 0 Å². The second-order valence-electron chi connectivity index (χ2n) is 4.05. The highest BCUT2D eigenvalue weighted by Crippen LogP contribution is 2.46. The minimum atomic E-state index is -0.470. The molecule has 1 aliphatic rings. The van der Waals surface area contributed by atoms with Gasteiger partial charge in [-0.3, -0.25) is 4.79 Å². The van der Waals surface area contributed by atoms with Crippen molar-refractivity contribution in [3.63, 3.8) is 0 Å². The number of carbonyl (C=O) groups excluding carboxylic acids is 1. The van der Waals surface area contributed by atoms with Gasteiger partial charge in [-0.1, -0.05) is 24.3 Å². The molecule has 2 rings (SSSR count). The zero-order valence-corrected chi connectivity index (χ0v) is 9.16. The Labute approximate surface area is 94.2 Å². The molecule has 1 N–H and O–H groups in total. The van der Waals surface area contributed by atoms with Gasteiger partial charge < -0.3 is 5.32 Å². The molecule has 2 nitrogen and oxygen atoms in total. The van der Waals surface area contributed by atoms with Gasteiger partial charge in [-0.2, -0.15) is 0 Å². The predicted molar refractivity (Wildman–Crippen MR) is 60.3 cm³/mol. The van der Waals surface area contributed by atoms with Gasteiger partial charge in [0.25, 0.3) is 0 Å². The highest BCUT2D eigenvalue weighted by molar-refractivity contribution is 5.88. The van der Waals surface area contributed by atoms with Crippen LogP contribution in [-0.4, -0.2) is 5.91 Å². The molecule has 16 heavy (non-hydrogen) atoms. The topological polar surface area (TPSA) is 29.1 Å². The molecule has 84 valence electrons. The zero-order valence-electron chi connectivity index (χ0n) is 9.16. The van der Waals surface area contributed by atoms with E-state index in [1.807, 2.05) is 0 Å². The SMILES string of the molecule is C/C=C/C(=O)NC1(c2ccccc2F)CC1. The number of rotatable bonds is 3. The van der Waals surface area contributed by atoms with E-state index >= 15 is 0 Å². The molecule has 0 heterocycles. The molecule has 0 radical (unpaired) electrons. The lowest BCUT2D eigenvalue weighted by Crippen LogP contribution is -2.34. The van der Waals surface area contributed by atoms with E-state index in [2.05, 4.69) is 5.32 Å². The summed E-state index contributed by atoms with van der Waals surface area (Å²) < 4.78 is 13.6. The first-order chi connectivity index (χ1) is 7.68. The van der Waals surface area contributed by atoms with Crippen molar-refractivity contribution in [3.05, 3.63) is 47.8 Å². The van der Waals surface area contributed by atoms with Crippen molar-refractivity contribution in [2.24, 2.45) is 0 Å². The molecule has 0 aliphatic heterocycles. The Morgan fingerprint density at radius 3 is 2.69 bits per heavy atom. The monoisotopic (exact) mass is 219 g/mol. The quantitative estimate of drug-likeness (QED) is 0.777. The van der Waals surface area contributed by atoms with Crippen molar-refractivity contribution in [2.75, 3.05) is 0 Å². The summed E-state index contributed by atoms with van der Waals surface area (Å²) in [7, 11) is 0. The molecule has 1 amide bonds. The van der Waals surface area contributed by atoms with Crippen LogP contribution in [0.2, 0.25) is 0 Å². The maximum atomic E-state index is 13.6. The Hall–Kier alpha value is -1.64. The third kappa shape index (κ3) is 1.98. The summed E-state index contributed by atoms with van der Waals surface area (Å²) in [4.78, 5) is 11.5. The Morgan fingerprint density at radius 2 is 2.12 bits per heavy atom. The fourth-order valence-corrected chi connectivity index (χ4v) is 1.86. The molecule has 1 fully saturated rings. The largest absolute Gasteiger partial charge is 0.343 e. The molecule has 3 heteroatoms. The second-order valence-corrected chi connectivity index (χ2v) is 4.05. The molecule has 1 aromatic carbocycles. The molecule has 0 aromatic heterocycles. The van der Waals surface area contributed by atoms with Crippen LogP contribution >= 0.6 is 0 Å².